The summed E-state index contributed by atoms with van der Waals surface area (Å²) >= 11 is 0. The van der Waals surface area contributed by atoms with E-state index in [1.54, 1.807) is 6.20 Å². The highest BCUT2D eigenvalue weighted by Crippen LogP contribution is 2.09. The van der Waals surface area contributed by atoms with Gasteiger partial charge in [0.25, 0.3) is 0 Å². The molecule has 5 heteroatoms. The van der Waals surface area contributed by atoms with E-state index in [2.05, 4.69) is 12.0 Å². The van der Waals surface area contributed by atoms with Gasteiger partial charge in [0.15, 0.2) is 0 Å². The third kappa shape index (κ3) is 3.56. The number of carbonyl (C=O) groups is 1. The van der Waals surface area contributed by atoms with E-state index in [4.69, 9.17) is 5.11 Å². The molecule has 1 aromatic rings. The number of hydrogen-bond donors (Lipinski definition) is 1. The van der Waals surface area contributed by atoms with Crippen LogP contribution in [0.2, 0.25) is 0 Å². The Bertz CT molecular complexity index is 362. The summed E-state index contributed by atoms with van der Waals surface area (Å²) in [4.78, 5) is 12.9. The van der Waals surface area contributed by atoms with Gasteiger partial charge >= 0.3 is 5.97 Å². The van der Waals surface area contributed by atoms with Gasteiger partial charge in [-0.25, -0.2) is 0 Å². The van der Waals surface area contributed by atoms with Gasteiger partial charge in [-0.2, -0.15) is 5.10 Å². The van der Waals surface area contributed by atoms with Crippen LogP contribution >= 0.6 is 0 Å². The molecular weight excluding hydrogens is 218 g/mol. The van der Waals surface area contributed by atoms with Crippen LogP contribution in [0.1, 0.15) is 32.4 Å². The number of rotatable bonds is 7. The average Bonchev–Trinajstić information content (AvgIpc) is 2.66. The highest BCUT2D eigenvalue weighted by molar-refractivity contribution is 5.73. The Labute approximate surface area is 102 Å². The maximum Gasteiger partial charge on any atom is 0.320 e. The van der Waals surface area contributed by atoms with E-state index >= 15 is 0 Å². The number of aryl methyl sites for hydroxylation is 1. The molecule has 0 saturated carbocycles. The fraction of sp³-hybridized carbons (Fsp3) is 0.667. The van der Waals surface area contributed by atoms with Crippen molar-refractivity contribution < 1.29 is 9.90 Å². The molecule has 0 bridgehead atoms. The lowest BCUT2D eigenvalue weighted by atomic mass is 10.2. The first-order valence-corrected chi connectivity index (χ1v) is 6.03. The van der Waals surface area contributed by atoms with Crippen LogP contribution in [-0.2, 0) is 17.9 Å². The molecule has 1 aromatic heterocycles. The van der Waals surface area contributed by atoms with E-state index in [1.165, 1.54) is 0 Å². The molecule has 0 aliphatic rings. The Morgan fingerprint density at radius 2 is 2.29 bits per heavy atom. The maximum atomic E-state index is 11.0. The molecule has 0 radical (unpaired) electrons. The molecule has 0 saturated heterocycles. The Morgan fingerprint density at radius 1 is 1.59 bits per heavy atom. The van der Waals surface area contributed by atoms with Crippen molar-refractivity contribution >= 4 is 5.97 Å². The van der Waals surface area contributed by atoms with Gasteiger partial charge in [0, 0.05) is 19.3 Å². The second-order valence-electron chi connectivity index (χ2n) is 4.22. The Morgan fingerprint density at radius 3 is 2.82 bits per heavy atom. The van der Waals surface area contributed by atoms with Gasteiger partial charge in [0.2, 0.25) is 0 Å². The number of likely N-dealkylation sites (N-methyl/N-ethyl adjacent to an activating group) is 1. The van der Waals surface area contributed by atoms with Crippen LogP contribution in [0, 0.1) is 0 Å². The average molecular weight is 239 g/mol. The second kappa shape index (κ2) is 6.39. The SMILES string of the molecule is CCCn1nccc1CN(C)C(CC)C(=O)O. The fourth-order valence-electron chi connectivity index (χ4n) is 1.95. The van der Waals surface area contributed by atoms with Crippen molar-refractivity contribution in [3.05, 3.63) is 18.0 Å². The van der Waals surface area contributed by atoms with Crippen molar-refractivity contribution in [1.82, 2.24) is 14.7 Å². The molecule has 1 N–H and O–H groups in total. The number of nitrogens with zero attached hydrogens (tertiary/aromatic N) is 3. The van der Waals surface area contributed by atoms with Crippen LogP contribution in [0.15, 0.2) is 12.3 Å². The first-order valence-electron chi connectivity index (χ1n) is 6.03. The number of carboxylic acid groups (broad SMARTS) is 1. The summed E-state index contributed by atoms with van der Waals surface area (Å²) in [5.41, 5.74) is 1.06. The molecular formula is C12H21N3O2. The Balaban J connectivity index is 2.69. The van der Waals surface area contributed by atoms with Crippen LogP contribution < -0.4 is 0 Å². The van der Waals surface area contributed by atoms with Crippen LogP contribution in [0.3, 0.4) is 0 Å². The molecule has 0 aliphatic carbocycles. The third-order valence-corrected chi connectivity index (χ3v) is 2.86. The number of aromatic nitrogens is 2. The van der Waals surface area contributed by atoms with E-state index in [0.717, 1.165) is 18.7 Å². The summed E-state index contributed by atoms with van der Waals surface area (Å²) in [5, 5.41) is 13.3. The normalized spacial score (nSPS) is 12.9. The van der Waals surface area contributed by atoms with E-state index < -0.39 is 12.0 Å². The number of carboxylic acids is 1. The number of aliphatic carboxylic acids is 1. The quantitative estimate of drug-likeness (QED) is 0.785. The lowest BCUT2D eigenvalue weighted by Gasteiger charge is -2.23. The van der Waals surface area contributed by atoms with Crippen molar-refractivity contribution in [3.8, 4) is 0 Å². The van der Waals surface area contributed by atoms with Gasteiger partial charge in [-0.3, -0.25) is 14.4 Å². The highest BCUT2D eigenvalue weighted by Gasteiger charge is 2.21. The van der Waals surface area contributed by atoms with Crippen LogP contribution in [0.25, 0.3) is 0 Å². The van der Waals surface area contributed by atoms with Crippen LogP contribution in [0.4, 0.5) is 0 Å². The zero-order valence-electron chi connectivity index (χ0n) is 10.8. The molecule has 0 aliphatic heterocycles. The largest absolute Gasteiger partial charge is 0.480 e. The standard InChI is InChI=1S/C12H21N3O2/c1-4-8-15-10(6-7-13-15)9-14(3)11(5-2)12(16)17/h6-7,11H,4-5,8-9H2,1-3H3,(H,16,17). The van der Waals surface area contributed by atoms with Gasteiger partial charge < -0.3 is 5.11 Å². The molecule has 1 heterocycles. The fourth-order valence-corrected chi connectivity index (χ4v) is 1.95. The molecule has 5 nitrogen and oxygen atoms in total. The summed E-state index contributed by atoms with van der Waals surface area (Å²) in [5.74, 6) is -0.767. The van der Waals surface area contributed by atoms with Gasteiger partial charge in [0.1, 0.15) is 6.04 Å². The van der Waals surface area contributed by atoms with Crippen molar-refractivity contribution in [3.63, 3.8) is 0 Å². The van der Waals surface area contributed by atoms with E-state index in [1.807, 2.05) is 29.6 Å². The molecule has 0 fully saturated rings. The van der Waals surface area contributed by atoms with Crippen molar-refractivity contribution in [1.29, 1.82) is 0 Å². The maximum absolute atomic E-state index is 11.0. The summed E-state index contributed by atoms with van der Waals surface area (Å²) in [6.07, 6.45) is 3.39. The minimum atomic E-state index is -0.767. The molecule has 0 amide bonds. The monoisotopic (exact) mass is 239 g/mol. The molecule has 0 spiro atoms. The number of hydrogen-bond acceptors (Lipinski definition) is 3. The molecule has 17 heavy (non-hydrogen) atoms. The predicted octanol–water partition coefficient (Wildman–Crippen LogP) is 1.59. The lowest BCUT2D eigenvalue weighted by molar-refractivity contribution is -0.143. The van der Waals surface area contributed by atoms with E-state index in [0.29, 0.717) is 13.0 Å². The first-order chi connectivity index (χ1) is 8.10. The minimum Gasteiger partial charge on any atom is -0.480 e. The molecule has 1 unspecified atom stereocenters. The Kier molecular flexibility index (Phi) is 5.15. The molecule has 1 rings (SSSR count). The van der Waals surface area contributed by atoms with Gasteiger partial charge in [-0.15, -0.1) is 0 Å². The summed E-state index contributed by atoms with van der Waals surface area (Å²) in [6, 6.07) is 1.51. The van der Waals surface area contributed by atoms with Gasteiger partial charge in [-0.1, -0.05) is 13.8 Å². The van der Waals surface area contributed by atoms with E-state index in [9.17, 15) is 4.79 Å². The van der Waals surface area contributed by atoms with Crippen molar-refractivity contribution in [2.75, 3.05) is 7.05 Å². The van der Waals surface area contributed by atoms with Crippen LogP contribution in [-0.4, -0.2) is 38.8 Å². The summed E-state index contributed by atoms with van der Waals surface area (Å²) in [7, 11) is 1.84. The zero-order chi connectivity index (χ0) is 12.8. The van der Waals surface area contributed by atoms with Crippen molar-refractivity contribution in [2.45, 2.75) is 45.8 Å². The molecule has 0 aromatic carbocycles. The lowest BCUT2D eigenvalue weighted by Crippen LogP contribution is -2.37. The Hall–Kier alpha value is -1.36. The molecule has 96 valence electrons. The first kappa shape index (κ1) is 13.7. The van der Waals surface area contributed by atoms with E-state index in [-0.39, 0.29) is 0 Å². The van der Waals surface area contributed by atoms with Crippen molar-refractivity contribution in [2.24, 2.45) is 0 Å². The highest BCUT2D eigenvalue weighted by atomic mass is 16.4. The molecule has 1 atom stereocenters. The predicted molar refractivity (Wildman–Crippen MR) is 65.7 cm³/mol. The third-order valence-electron chi connectivity index (χ3n) is 2.86. The van der Waals surface area contributed by atoms with Crippen LogP contribution in [0.5, 0.6) is 0 Å². The van der Waals surface area contributed by atoms with Gasteiger partial charge in [-0.05, 0) is 26.0 Å². The topological polar surface area (TPSA) is 58.4 Å². The zero-order valence-corrected chi connectivity index (χ0v) is 10.8. The smallest absolute Gasteiger partial charge is 0.320 e. The summed E-state index contributed by atoms with van der Waals surface area (Å²) in [6.45, 7) is 5.48. The summed E-state index contributed by atoms with van der Waals surface area (Å²) < 4.78 is 1.94. The van der Waals surface area contributed by atoms with Gasteiger partial charge in [0.05, 0.1) is 5.69 Å². The minimum absolute atomic E-state index is 0.431. The second-order valence-corrected chi connectivity index (χ2v) is 4.22.